The van der Waals surface area contributed by atoms with Crippen LogP contribution in [0.4, 0.5) is 17.3 Å². The molecule has 0 unspecified atom stereocenters. The number of nitrogens with one attached hydrogen (secondary N) is 2. The van der Waals surface area contributed by atoms with E-state index in [1.807, 2.05) is 48.5 Å². The van der Waals surface area contributed by atoms with Crippen molar-refractivity contribution in [2.24, 2.45) is 0 Å². The molecule has 1 aromatic heterocycles. The number of anilines is 3. The maximum Gasteiger partial charge on any atom is 0.274 e. The summed E-state index contributed by atoms with van der Waals surface area (Å²) in [6.07, 6.45) is 1.55. The number of nitrogens with zero attached hydrogens (tertiary/aromatic N) is 2. The lowest BCUT2D eigenvalue weighted by Crippen LogP contribution is -2.14. The van der Waals surface area contributed by atoms with E-state index in [2.05, 4.69) is 34.4 Å². The number of amides is 1. The van der Waals surface area contributed by atoms with Gasteiger partial charge < -0.3 is 15.4 Å². The average Bonchev–Trinajstić information content (AvgIpc) is 2.69. The number of methoxy groups -OCH3 is 1. The molecular weight excluding hydrogens is 340 g/mol. The summed E-state index contributed by atoms with van der Waals surface area (Å²) >= 11 is 0. The van der Waals surface area contributed by atoms with Crippen LogP contribution >= 0.6 is 0 Å². The Labute approximate surface area is 158 Å². The van der Waals surface area contributed by atoms with Crippen molar-refractivity contribution in [2.45, 2.75) is 19.8 Å². The SMILES string of the molecule is COc1ccc(Nc2nccc(C(=O)Nc3ccc(C(C)C)cc3)n2)cc1. The fraction of sp³-hybridized carbons (Fsp3) is 0.190. The van der Waals surface area contributed by atoms with Gasteiger partial charge in [0.05, 0.1) is 7.11 Å². The molecule has 0 fully saturated rings. The van der Waals surface area contributed by atoms with Gasteiger partial charge in [-0.05, 0) is 53.9 Å². The van der Waals surface area contributed by atoms with Crippen molar-refractivity contribution in [3.8, 4) is 5.75 Å². The maximum atomic E-state index is 12.5. The summed E-state index contributed by atoms with van der Waals surface area (Å²) in [6, 6.07) is 16.8. The van der Waals surface area contributed by atoms with Gasteiger partial charge in [-0.15, -0.1) is 0 Å². The molecule has 0 bridgehead atoms. The Morgan fingerprint density at radius 1 is 0.963 bits per heavy atom. The zero-order valence-corrected chi connectivity index (χ0v) is 15.6. The summed E-state index contributed by atoms with van der Waals surface area (Å²) in [4.78, 5) is 20.9. The lowest BCUT2D eigenvalue weighted by atomic mass is 10.0. The third kappa shape index (κ3) is 4.82. The molecule has 2 N–H and O–H groups in total. The number of hydrogen-bond acceptors (Lipinski definition) is 5. The average molecular weight is 362 g/mol. The first-order chi connectivity index (χ1) is 13.0. The van der Waals surface area contributed by atoms with Crippen LogP contribution in [0.2, 0.25) is 0 Å². The molecule has 6 heteroatoms. The number of carbonyl (C=O) groups excluding carboxylic acids is 1. The van der Waals surface area contributed by atoms with Crippen LogP contribution in [0.3, 0.4) is 0 Å². The van der Waals surface area contributed by atoms with Crippen LogP contribution in [0.15, 0.2) is 60.8 Å². The molecule has 3 rings (SSSR count). The van der Waals surface area contributed by atoms with Gasteiger partial charge in [-0.2, -0.15) is 0 Å². The summed E-state index contributed by atoms with van der Waals surface area (Å²) in [5.74, 6) is 1.27. The minimum atomic E-state index is -0.285. The fourth-order valence-corrected chi connectivity index (χ4v) is 2.50. The second kappa shape index (κ2) is 8.31. The molecule has 27 heavy (non-hydrogen) atoms. The van der Waals surface area contributed by atoms with Crippen LogP contribution in [0, 0.1) is 0 Å². The molecule has 0 spiro atoms. The van der Waals surface area contributed by atoms with E-state index in [1.165, 1.54) is 5.56 Å². The fourth-order valence-electron chi connectivity index (χ4n) is 2.50. The van der Waals surface area contributed by atoms with Crippen molar-refractivity contribution in [3.63, 3.8) is 0 Å². The van der Waals surface area contributed by atoms with Crippen LogP contribution in [0.25, 0.3) is 0 Å². The Bertz CT molecular complexity index is 906. The molecule has 0 aliphatic heterocycles. The van der Waals surface area contributed by atoms with E-state index in [-0.39, 0.29) is 11.6 Å². The number of benzene rings is 2. The predicted octanol–water partition coefficient (Wildman–Crippen LogP) is 4.60. The Kier molecular flexibility index (Phi) is 5.66. The van der Waals surface area contributed by atoms with Crippen molar-refractivity contribution in [1.82, 2.24) is 9.97 Å². The standard InChI is InChI=1S/C21H22N4O2/c1-14(2)15-4-6-16(7-5-15)23-20(26)19-12-13-22-21(25-19)24-17-8-10-18(27-3)11-9-17/h4-14H,1-3H3,(H,23,26)(H,22,24,25). The molecular formula is C21H22N4O2. The van der Waals surface area contributed by atoms with E-state index < -0.39 is 0 Å². The smallest absolute Gasteiger partial charge is 0.274 e. The Morgan fingerprint density at radius 3 is 2.26 bits per heavy atom. The van der Waals surface area contributed by atoms with E-state index in [4.69, 9.17) is 4.74 Å². The molecule has 0 atom stereocenters. The number of rotatable bonds is 6. The normalized spacial score (nSPS) is 10.5. The zero-order valence-electron chi connectivity index (χ0n) is 15.6. The van der Waals surface area contributed by atoms with Gasteiger partial charge >= 0.3 is 0 Å². The van der Waals surface area contributed by atoms with Crippen LogP contribution in [0.5, 0.6) is 5.75 Å². The molecule has 0 saturated heterocycles. The molecule has 2 aromatic carbocycles. The first-order valence-electron chi connectivity index (χ1n) is 8.70. The van der Waals surface area contributed by atoms with Gasteiger partial charge in [0.25, 0.3) is 5.91 Å². The topological polar surface area (TPSA) is 76.1 Å². The third-order valence-electron chi connectivity index (χ3n) is 4.07. The lowest BCUT2D eigenvalue weighted by Gasteiger charge is -2.09. The quantitative estimate of drug-likeness (QED) is 0.670. The number of carbonyl (C=O) groups is 1. The molecule has 0 radical (unpaired) electrons. The molecule has 0 aliphatic rings. The van der Waals surface area contributed by atoms with Gasteiger partial charge in [0.15, 0.2) is 0 Å². The zero-order chi connectivity index (χ0) is 19.2. The number of aromatic nitrogens is 2. The van der Waals surface area contributed by atoms with Gasteiger partial charge in [-0.3, -0.25) is 4.79 Å². The maximum absolute atomic E-state index is 12.5. The summed E-state index contributed by atoms with van der Waals surface area (Å²) in [5, 5.41) is 5.93. The second-order valence-corrected chi connectivity index (χ2v) is 6.35. The van der Waals surface area contributed by atoms with Crippen LogP contribution < -0.4 is 15.4 Å². The van der Waals surface area contributed by atoms with E-state index in [0.717, 1.165) is 17.1 Å². The van der Waals surface area contributed by atoms with Gasteiger partial charge in [-0.1, -0.05) is 26.0 Å². The predicted molar refractivity (Wildman–Crippen MR) is 107 cm³/mol. The van der Waals surface area contributed by atoms with Crippen LogP contribution in [0.1, 0.15) is 35.8 Å². The Hall–Kier alpha value is -3.41. The van der Waals surface area contributed by atoms with Gasteiger partial charge in [0.2, 0.25) is 5.95 Å². The van der Waals surface area contributed by atoms with Crippen molar-refractivity contribution >= 4 is 23.2 Å². The van der Waals surface area contributed by atoms with Crippen LogP contribution in [-0.4, -0.2) is 23.0 Å². The first-order valence-corrected chi connectivity index (χ1v) is 8.70. The monoisotopic (exact) mass is 362 g/mol. The van der Waals surface area contributed by atoms with E-state index in [0.29, 0.717) is 11.9 Å². The van der Waals surface area contributed by atoms with Crippen molar-refractivity contribution < 1.29 is 9.53 Å². The molecule has 6 nitrogen and oxygen atoms in total. The lowest BCUT2D eigenvalue weighted by molar-refractivity contribution is 0.102. The minimum Gasteiger partial charge on any atom is -0.497 e. The van der Waals surface area contributed by atoms with Crippen molar-refractivity contribution in [2.75, 3.05) is 17.7 Å². The van der Waals surface area contributed by atoms with Gasteiger partial charge in [0, 0.05) is 17.6 Å². The number of ether oxygens (including phenoxy) is 1. The van der Waals surface area contributed by atoms with Crippen LogP contribution in [-0.2, 0) is 0 Å². The van der Waals surface area contributed by atoms with E-state index in [1.54, 1.807) is 19.4 Å². The van der Waals surface area contributed by atoms with Gasteiger partial charge in [0.1, 0.15) is 11.4 Å². The Balaban J connectivity index is 1.69. The van der Waals surface area contributed by atoms with Crippen molar-refractivity contribution in [1.29, 1.82) is 0 Å². The van der Waals surface area contributed by atoms with E-state index >= 15 is 0 Å². The highest BCUT2D eigenvalue weighted by atomic mass is 16.5. The largest absolute Gasteiger partial charge is 0.497 e. The molecule has 0 saturated carbocycles. The van der Waals surface area contributed by atoms with Gasteiger partial charge in [-0.25, -0.2) is 9.97 Å². The highest BCUT2D eigenvalue weighted by molar-refractivity contribution is 6.03. The third-order valence-corrected chi connectivity index (χ3v) is 4.07. The highest BCUT2D eigenvalue weighted by Crippen LogP contribution is 2.19. The summed E-state index contributed by atoms with van der Waals surface area (Å²) < 4.78 is 5.13. The number of hydrogen-bond donors (Lipinski definition) is 2. The summed E-state index contributed by atoms with van der Waals surface area (Å²) in [7, 11) is 1.62. The minimum absolute atomic E-state index is 0.285. The molecule has 1 amide bonds. The Morgan fingerprint density at radius 2 is 1.63 bits per heavy atom. The molecule has 1 heterocycles. The molecule has 3 aromatic rings. The van der Waals surface area contributed by atoms with E-state index in [9.17, 15) is 4.79 Å². The highest BCUT2D eigenvalue weighted by Gasteiger charge is 2.10. The summed E-state index contributed by atoms with van der Waals surface area (Å²) in [5.41, 5.74) is 3.04. The summed E-state index contributed by atoms with van der Waals surface area (Å²) in [6.45, 7) is 4.26. The first kappa shape index (κ1) is 18.4. The molecule has 138 valence electrons. The second-order valence-electron chi connectivity index (χ2n) is 6.35. The molecule has 0 aliphatic carbocycles. The van der Waals surface area contributed by atoms with Crippen molar-refractivity contribution in [3.05, 3.63) is 72.1 Å².